The lowest BCUT2D eigenvalue weighted by atomic mass is 10.2. The molecule has 0 aliphatic rings. The quantitative estimate of drug-likeness (QED) is 0.295. The molecule has 0 saturated heterocycles. The molecule has 0 aliphatic heterocycles. The zero-order valence-corrected chi connectivity index (χ0v) is 11.2. The van der Waals surface area contributed by atoms with E-state index < -0.39 is 10.9 Å². The van der Waals surface area contributed by atoms with Crippen molar-refractivity contribution in [3.05, 3.63) is 64.2 Å². The number of nitro groups is 1. The molecule has 0 radical (unpaired) electrons. The van der Waals surface area contributed by atoms with E-state index in [0.717, 1.165) is 12.1 Å². The van der Waals surface area contributed by atoms with Crippen LogP contribution in [0.15, 0.2) is 48.5 Å². The summed E-state index contributed by atoms with van der Waals surface area (Å²) in [4.78, 5) is 21.6. The number of nitrogens with zero attached hydrogens (tertiary/aromatic N) is 1. The molecule has 0 heterocycles. The lowest BCUT2D eigenvalue weighted by Gasteiger charge is -2.02. The molecule has 0 saturated carbocycles. The van der Waals surface area contributed by atoms with Crippen molar-refractivity contribution in [2.24, 2.45) is 0 Å². The van der Waals surface area contributed by atoms with Gasteiger partial charge in [-0.25, -0.2) is 4.79 Å². The van der Waals surface area contributed by atoms with Gasteiger partial charge >= 0.3 is 5.97 Å². The maximum absolute atomic E-state index is 11.6. The van der Waals surface area contributed by atoms with Crippen LogP contribution in [0.3, 0.4) is 0 Å². The van der Waals surface area contributed by atoms with Crippen LogP contribution < -0.4 is 4.74 Å². The van der Waals surface area contributed by atoms with Crippen molar-refractivity contribution >= 4 is 17.7 Å². The molecule has 0 atom stereocenters. The maximum atomic E-state index is 11.6. The first-order valence-corrected chi connectivity index (χ1v) is 6.11. The molecule has 22 heavy (non-hydrogen) atoms. The van der Waals surface area contributed by atoms with Gasteiger partial charge in [0, 0.05) is 36.4 Å². The normalized spacial score (nSPS) is 10.5. The number of rotatable bonds is 4. The highest BCUT2D eigenvalue weighted by Gasteiger charge is 2.05. The van der Waals surface area contributed by atoms with Crippen molar-refractivity contribution < 1.29 is 24.7 Å². The minimum atomic E-state index is -0.719. The molecule has 2 aromatic rings. The molecule has 112 valence electrons. The number of phenols is 2. The molecular formula is C15H11NO6. The summed E-state index contributed by atoms with van der Waals surface area (Å²) in [6.45, 7) is 0. The molecule has 0 spiro atoms. The number of esters is 1. The number of benzene rings is 2. The van der Waals surface area contributed by atoms with E-state index >= 15 is 0 Å². The summed E-state index contributed by atoms with van der Waals surface area (Å²) < 4.78 is 4.91. The fraction of sp³-hybridized carbons (Fsp3) is 0. The molecule has 2 N–H and O–H groups in total. The van der Waals surface area contributed by atoms with Crippen molar-refractivity contribution in [1.82, 2.24) is 0 Å². The van der Waals surface area contributed by atoms with Crippen molar-refractivity contribution in [3.8, 4) is 17.2 Å². The fourth-order valence-electron chi connectivity index (χ4n) is 1.65. The second-order valence-electron chi connectivity index (χ2n) is 4.29. The average Bonchev–Trinajstić information content (AvgIpc) is 2.44. The van der Waals surface area contributed by atoms with Crippen molar-refractivity contribution in [2.75, 3.05) is 0 Å². The Bertz CT molecular complexity index is 716. The van der Waals surface area contributed by atoms with Gasteiger partial charge in [0.25, 0.3) is 5.69 Å². The molecule has 0 bridgehead atoms. The van der Waals surface area contributed by atoms with E-state index in [0.29, 0.717) is 5.56 Å². The lowest BCUT2D eigenvalue weighted by molar-refractivity contribution is -0.384. The van der Waals surface area contributed by atoms with Gasteiger partial charge in [0.2, 0.25) is 0 Å². The Morgan fingerprint density at radius 3 is 2.23 bits per heavy atom. The van der Waals surface area contributed by atoms with E-state index in [2.05, 4.69) is 0 Å². The Hall–Kier alpha value is -3.35. The van der Waals surface area contributed by atoms with E-state index in [4.69, 9.17) is 4.74 Å². The third-order valence-electron chi connectivity index (χ3n) is 2.61. The predicted octanol–water partition coefficient (Wildman–Crippen LogP) is 2.62. The van der Waals surface area contributed by atoms with Crippen LogP contribution in [0.1, 0.15) is 5.56 Å². The molecule has 7 nitrogen and oxygen atoms in total. The van der Waals surface area contributed by atoms with E-state index in [1.807, 2.05) is 0 Å². The molecule has 2 aromatic carbocycles. The highest BCUT2D eigenvalue weighted by atomic mass is 16.6. The number of carbonyl (C=O) groups is 1. The van der Waals surface area contributed by atoms with E-state index in [-0.39, 0.29) is 22.9 Å². The summed E-state index contributed by atoms with van der Waals surface area (Å²) in [6, 6.07) is 9.07. The minimum absolute atomic E-state index is 0.00384. The van der Waals surface area contributed by atoms with Gasteiger partial charge in [-0.15, -0.1) is 0 Å². The van der Waals surface area contributed by atoms with Gasteiger partial charge in [-0.3, -0.25) is 10.1 Å². The zero-order valence-electron chi connectivity index (χ0n) is 11.2. The monoisotopic (exact) mass is 301 g/mol. The van der Waals surface area contributed by atoms with Crippen molar-refractivity contribution in [3.63, 3.8) is 0 Å². The van der Waals surface area contributed by atoms with Crippen LogP contribution in [-0.4, -0.2) is 21.1 Å². The number of nitro benzene ring substituents is 1. The SMILES string of the molecule is O=C(/C=C/c1ccc([N+](=O)[O-])cc1)Oc1cc(O)cc(O)c1. The third-order valence-corrected chi connectivity index (χ3v) is 2.61. The van der Waals surface area contributed by atoms with Crippen molar-refractivity contribution in [2.45, 2.75) is 0 Å². The number of hydrogen-bond acceptors (Lipinski definition) is 6. The van der Waals surface area contributed by atoms with Gasteiger partial charge < -0.3 is 14.9 Å². The molecule has 0 amide bonds. The van der Waals surface area contributed by atoms with Crippen molar-refractivity contribution in [1.29, 1.82) is 0 Å². The topological polar surface area (TPSA) is 110 Å². The number of phenolic OH excluding ortho intramolecular Hbond substituents is 2. The van der Waals surface area contributed by atoms with Gasteiger partial charge in [0.1, 0.15) is 17.2 Å². The van der Waals surface area contributed by atoms with E-state index in [1.165, 1.54) is 42.5 Å². The maximum Gasteiger partial charge on any atom is 0.336 e. The average molecular weight is 301 g/mol. The number of carbonyl (C=O) groups excluding carboxylic acids is 1. The van der Waals surface area contributed by atoms with Gasteiger partial charge in [0.05, 0.1) is 4.92 Å². The van der Waals surface area contributed by atoms with Crippen LogP contribution in [0.5, 0.6) is 17.2 Å². The Labute approximate surface area is 124 Å². The Kier molecular flexibility index (Phi) is 4.38. The highest BCUT2D eigenvalue weighted by Crippen LogP contribution is 2.25. The summed E-state index contributed by atoms with van der Waals surface area (Å²) in [5.41, 5.74) is 0.538. The number of non-ortho nitro benzene ring substituents is 1. The summed E-state index contributed by atoms with van der Waals surface area (Å²) in [7, 11) is 0. The van der Waals surface area contributed by atoms with E-state index in [1.54, 1.807) is 0 Å². The van der Waals surface area contributed by atoms with Gasteiger partial charge in [-0.2, -0.15) is 0 Å². The van der Waals surface area contributed by atoms with Crippen LogP contribution >= 0.6 is 0 Å². The predicted molar refractivity (Wildman–Crippen MR) is 77.5 cm³/mol. The fourth-order valence-corrected chi connectivity index (χ4v) is 1.65. The molecule has 0 unspecified atom stereocenters. The zero-order chi connectivity index (χ0) is 16.1. The van der Waals surface area contributed by atoms with Crippen LogP contribution in [0, 0.1) is 10.1 Å². The van der Waals surface area contributed by atoms with Gasteiger partial charge in [-0.05, 0) is 23.8 Å². The Morgan fingerprint density at radius 2 is 1.68 bits per heavy atom. The number of ether oxygens (including phenoxy) is 1. The Balaban J connectivity index is 2.03. The molecular weight excluding hydrogens is 290 g/mol. The lowest BCUT2D eigenvalue weighted by Crippen LogP contribution is -2.03. The first-order chi connectivity index (χ1) is 10.4. The van der Waals surface area contributed by atoms with Crippen LogP contribution in [-0.2, 0) is 4.79 Å². The largest absolute Gasteiger partial charge is 0.508 e. The first-order valence-electron chi connectivity index (χ1n) is 6.11. The van der Waals surface area contributed by atoms with Gasteiger partial charge in [0.15, 0.2) is 0 Å². The van der Waals surface area contributed by atoms with E-state index in [9.17, 15) is 25.1 Å². The Morgan fingerprint density at radius 1 is 1.09 bits per heavy atom. The third kappa shape index (κ3) is 4.07. The molecule has 7 heteroatoms. The molecule has 2 rings (SSSR count). The van der Waals surface area contributed by atoms with Gasteiger partial charge in [-0.1, -0.05) is 0 Å². The smallest absolute Gasteiger partial charge is 0.336 e. The summed E-state index contributed by atoms with van der Waals surface area (Å²) in [5, 5.41) is 29.0. The minimum Gasteiger partial charge on any atom is -0.508 e. The summed E-state index contributed by atoms with van der Waals surface area (Å²) >= 11 is 0. The molecule has 0 fully saturated rings. The second kappa shape index (κ2) is 6.40. The number of hydrogen-bond donors (Lipinski definition) is 2. The van der Waals surface area contributed by atoms with Crippen LogP contribution in [0.2, 0.25) is 0 Å². The number of aromatic hydroxyl groups is 2. The van der Waals surface area contributed by atoms with Crippen LogP contribution in [0.4, 0.5) is 5.69 Å². The standard InChI is InChI=1S/C15H11NO6/c17-12-7-13(18)9-14(8-12)22-15(19)6-3-10-1-4-11(5-2-10)16(20)21/h1-9,17-18H/b6-3+. The second-order valence-corrected chi connectivity index (χ2v) is 4.29. The first kappa shape index (κ1) is 15.0. The summed E-state index contributed by atoms with van der Waals surface area (Å²) in [6.07, 6.45) is 2.55. The highest BCUT2D eigenvalue weighted by molar-refractivity contribution is 5.88. The molecule has 0 aliphatic carbocycles. The van der Waals surface area contributed by atoms with Crippen LogP contribution in [0.25, 0.3) is 6.08 Å². The molecule has 0 aromatic heterocycles. The summed E-state index contributed by atoms with van der Waals surface area (Å²) in [5.74, 6) is -1.19.